The maximum atomic E-state index is 14.1. The van der Waals surface area contributed by atoms with E-state index in [0.29, 0.717) is 35.0 Å². The molecule has 1 atom stereocenters. The Kier molecular flexibility index (Phi) is 5.52. The predicted molar refractivity (Wildman–Crippen MR) is 106 cm³/mol. The number of benzene rings is 2. The van der Waals surface area contributed by atoms with Crippen LogP contribution in [0.25, 0.3) is 0 Å². The van der Waals surface area contributed by atoms with Crippen LogP contribution in [0.15, 0.2) is 40.9 Å². The van der Waals surface area contributed by atoms with E-state index in [2.05, 4.69) is 15.9 Å². The van der Waals surface area contributed by atoms with Crippen LogP contribution in [-0.2, 0) is 16.0 Å². The molecule has 1 unspecified atom stereocenters. The van der Waals surface area contributed by atoms with E-state index in [1.165, 1.54) is 12.1 Å². The summed E-state index contributed by atoms with van der Waals surface area (Å²) in [7, 11) is 0. The lowest BCUT2D eigenvalue weighted by atomic mass is 9.67. The minimum absolute atomic E-state index is 0.0546. The molecule has 0 radical (unpaired) electrons. The van der Waals surface area contributed by atoms with E-state index in [1.54, 1.807) is 18.2 Å². The molecule has 0 N–H and O–H groups in total. The summed E-state index contributed by atoms with van der Waals surface area (Å²) in [6, 6.07) is 9.86. The van der Waals surface area contributed by atoms with E-state index in [1.807, 2.05) is 26.8 Å². The highest BCUT2D eigenvalue weighted by Crippen LogP contribution is 2.41. The first kappa shape index (κ1) is 19.7. The predicted octanol–water partition coefficient (Wildman–Crippen LogP) is 5.98. The molecule has 142 valence electrons. The zero-order chi connectivity index (χ0) is 19.8. The van der Waals surface area contributed by atoms with Crippen molar-refractivity contribution in [2.24, 2.45) is 5.41 Å². The highest BCUT2D eigenvalue weighted by atomic mass is 79.9. The summed E-state index contributed by atoms with van der Waals surface area (Å²) >= 11 is 3.22. The summed E-state index contributed by atoms with van der Waals surface area (Å²) in [6.45, 7) is 5.76. The van der Waals surface area contributed by atoms with E-state index in [-0.39, 0.29) is 17.3 Å². The normalized spacial score (nSPS) is 19.2. The summed E-state index contributed by atoms with van der Waals surface area (Å²) in [4.78, 5) is 25.6. The molecule has 1 saturated carbocycles. The summed E-state index contributed by atoms with van der Waals surface area (Å²) in [5.41, 5.74) is 1.08. The van der Waals surface area contributed by atoms with E-state index in [0.717, 1.165) is 5.56 Å². The highest BCUT2D eigenvalue weighted by molar-refractivity contribution is 9.10. The second kappa shape index (κ2) is 7.55. The van der Waals surface area contributed by atoms with E-state index in [4.69, 9.17) is 4.74 Å². The summed E-state index contributed by atoms with van der Waals surface area (Å²) in [5, 5.41) is 0. The molecule has 0 bridgehead atoms. The van der Waals surface area contributed by atoms with Crippen molar-refractivity contribution in [3.63, 3.8) is 0 Å². The van der Waals surface area contributed by atoms with Gasteiger partial charge in [-0.25, -0.2) is 4.39 Å². The zero-order valence-electron chi connectivity index (χ0n) is 15.6. The standard InChI is InChI=1S/C22H22BrFO3/c1-4-13-5-7-15(27-19-8-6-14(23)11-17(19)24)12-16(13)20-18(25)9-10-22(2,3)21(20)26/h5-8,11-12,20H,4,9-10H2,1-3H3. The third-order valence-corrected chi connectivity index (χ3v) is 5.67. The van der Waals surface area contributed by atoms with Crippen LogP contribution in [0.1, 0.15) is 50.7 Å². The number of rotatable bonds is 4. The minimum Gasteiger partial charge on any atom is -0.454 e. The van der Waals surface area contributed by atoms with Crippen molar-refractivity contribution in [2.75, 3.05) is 0 Å². The van der Waals surface area contributed by atoms with Gasteiger partial charge in [0.2, 0.25) is 0 Å². The fraction of sp³-hybridized carbons (Fsp3) is 0.364. The average molecular weight is 433 g/mol. The summed E-state index contributed by atoms with van der Waals surface area (Å²) in [5.74, 6) is -0.873. The number of hydrogen-bond donors (Lipinski definition) is 0. The Morgan fingerprint density at radius 3 is 2.59 bits per heavy atom. The zero-order valence-corrected chi connectivity index (χ0v) is 17.2. The number of hydrogen-bond acceptors (Lipinski definition) is 3. The van der Waals surface area contributed by atoms with Crippen LogP contribution < -0.4 is 4.74 Å². The van der Waals surface area contributed by atoms with Gasteiger partial charge in [0.1, 0.15) is 17.5 Å². The first-order chi connectivity index (χ1) is 12.7. The molecule has 1 aliphatic rings. The number of aryl methyl sites for hydroxylation is 1. The number of carbonyl (C=O) groups is 2. The molecule has 0 aromatic heterocycles. The van der Waals surface area contributed by atoms with Gasteiger partial charge in [-0.1, -0.05) is 42.8 Å². The van der Waals surface area contributed by atoms with Crippen molar-refractivity contribution in [2.45, 2.75) is 46.0 Å². The number of carbonyl (C=O) groups excluding carboxylic acids is 2. The largest absolute Gasteiger partial charge is 0.454 e. The van der Waals surface area contributed by atoms with Crippen molar-refractivity contribution in [1.82, 2.24) is 0 Å². The van der Waals surface area contributed by atoms with Crippen LogP contribution in [0.5, 0.6) is 11.5 Å². The molecule has 1 fully saturated rings. The smallest absolute Gasteiger partial charge is 0.166 e. The van der Waals surface area contributed by atoms with Gasteiger partial charge < -0.3 is 4.74 Å². The van der Waals surface area contributed by atoms with Crippen molar-refractivity contribution >= 4 is 27.5 Å². The van der Waals surface area contributed by atoms with Gasteiger partial charge in [-0.05, 0) is 54.3 Å². The molecule has 2 aromatic rings. The number of halogens is 2. The van der Waals surface area contributed by atoms with Gasteiger partial charge in [0, 0.05) is 16.3 Å². The van der Waals surface area contributed by atoms with E-state index >= 15 is 0 Å². The molecule has 0 saturated heterocycles. The molecular weight excluding hydrogens is 411 g/mol. The van der Waals surface area contributed by atoms with Gasteiger partial charge in [-0.2, -0.15) is 0 Å². The average Bonchev–Trinajstić information content (AvgIpc) is 2.62. The van der Waals surface area contributed by atoms with Crippen molar-refractivity contribution < 1.29 is 18.7 Å². The van der Waals surface area contributed by atoms with Crippen LogP contribution in [-0.4, -0.2) is 11.6 Å². The Morgan fingerprint density at radius 1 is 1.19 bits per heavy atom. The van der Waals surface area contributed by atoms with Gasteiger partial charge in [-0.3, -0.25) is 9.59 Å². The van der Waals surface area contributed by atoms with Gasteiger partial charge in [0.05, 0.1) is 0 Å². The first-order valence-electron chi connectivity index (χ1n) is 9.05. The lowest BCUT2D eigenvalue weighted by molar-refractivity contribution is -0.139. The van der Waals surface area contributed by atoms with Crippen LogP contribution in [0.2, 0.25) is 0 Å². The van der Waals surface area contributed by atoms with Crippen molar-refractivity contribution in [3.8, 4) is 11.5 Å². The second-order valence-corrected chi connectivity index (χ2v) is 8.45. The Balaban J connectivity index is 2.01. The fourth-order valence-electron chi connectivity index (χ4n) is 3.47. The first-order valence-corrected chi connectivity index (χ1v) is 9.85. The molecule has 1 aliphatic carbocycles. The monoisotopic (exact) mass is 432 g/mol. The molecule has 0 aliphatic heterocycles. The molecule has 27 heavy (non-hydrogen) atoms. The second-order valence-electron chi connectivity index (χ2n) is 7.54. The molecule has 0 heterocycles. The van der Waals surface area contributed by atoms with E-state index in [9.17, 15) is 14.0 Å². The maximum absolute atomic E-state index is 14.1. The molecule has 2 aromatic carbocycles. The Hall–Kier alpha value is -2.01. The minimum atomic E-state index is -0.776. The number of Topliss-reactive ketones (excluding diaryl/α,β-unsaturated/α-hetero) is 2. The third kappa shape index (κ3) is 3.98. The van der Waals surface area contributed by atoms with Gasteiger partial charge in [0.25, 0.3) is 0 Å². The quantitative estimate of drug-likeness (QED) is 0.557. The molecule has 0 spiro atoms. The Bertz CT molecular complexity index is 904. The SMILES string of the molecule is CCc1ccc(Oc2ccc(Br)cc2F)cc1C1C(=O)CCC(C)(C)C1=O. The molecule has 0 amide bonds. The fourth-order valence-corrected chi connectivity index (χ4v) is 3.80. The van der Waals surface area contributed by atoms with Crippen molar-refractivity contribution in [3.05, 3.63) is 57.8 Å². The Morgan fingerprint density at radius 2 is 1.93 bits per heavy atom. The van der Waals surface area contributed by atoms with Crippen LogP contribution in [0.4, 0.5) is 4.39 Å². The summed E-state index contributed by atoms with van der Waals surface area (Å²) < 4.78 is 20.4. The number of ether oxygens (including phenoxy) is 1. The summed E-state index contributed by atoms with van der Waals surface area (Å²) in [6.07, 6.45) is 1.65. The Labute approximate surface area is 167 Å². The van der Waals surface area contributed by atoms with Crippen LogP contribution >= 0.6 is 15.9 Å². The topological polar surface area (TPSA) is 43.4 Å². The maximum Gasteiger partial charge on any atom is 0.166 e. The van der Waals surface area contributed by atoms with E-state index < -0.39 is 17.2 Å². The lowest BCUT2D eigenvalue weighted by Crippen LogP contribution is -2.39. The van der Waals surface area contributed by atoms with Gasteiger partial charge in [0.15, 0.2) is 17.3 Å². The molecule has 3 rings (SSSR count). The van der Waals surface area contributed by atoms with Crippen LogP contribution in [0, 0.1) is 11.2 Å². The third-order valence-electron chi connectivity index (χ3n) is 5.18. The van der Waals surface area contributed by atoms with Crippen LogP contribution in [0.3, 0.4) is 0 Å². The van der Waals surface area contributed by atoms with Crippen molar-refractivity contribution in [1.29, 1.82) is 0 Å². The molecular formula is C22H22BrFO3. The van der Waals surface area contributed by atoms with Gasteiger partial charge >= 0.3 is 0 Å². The molecule has 5 heteroatoms. The highest BCUT2D eigenvalue weighted by Gasteiger charge is 2.43. The lowest BCUT2D eigenvalue weighted by Gasteiger charge is -2.33. The molecule has 3 nitrogen and oxygen atoms in total. The van der Waals surface area contributed by atoms with Gasteiger partial charge in [-0.15, -0.1) is 0 Å². The number of ketones is 2.